The number of carboxylic acid groups (broad SMARTS) is 1. The van der Waals surface area contributed by atoms with Crippen molar-refractivity contribution < 1.29 is 19.4 Å². The predicted octanol–water partition coefficient (Wildman–Crippen LogP) is 1.10. The third kappa shape index (κ3) is 2.25. The molecular formula is C11H15NO4. The molecule has 1 unspecified atom stereocenters. The minimum atomic E-state index is -1.10. The number of methoxy groups -OCH3 is 2. The average Bonchev–Trinajstić information content (AvgIpc) is 2.27. The standard InChI is InChI=1S/C11H15NO4/c1-6-4-7(10(12)11(13)14)9(16-3)5-8(6)15-2/h4-5,10H,12H2,1-3H3,(H,13,14). The average molecular weight is 225 g/mol. The van der Waals surface area contributed by atoms with Gasteiger partial charge in [0, 0.05) is 11.6 Å². The van der Waals surface area contributed by atoms with Crippen molar-refractivity contribution in [2.24, 2.45) is 5.73 Å². The Bertz CT molecular complexity index is 403. The van der Waals surface area contributed by atoms with Gasteiger partial charge in [-0.05, 0) is 18.6 Å². The molecule has 88 valence electrons. The van der Waals surface area contributed by atoms with Crippen molar-refractivity contribution in [3.63, 3.8) is 0 Å². The van der Waals surface area contributed by atoms with Gasteiger partial charge < -0.3 is 20.3 Å². The number of carboxylic acids is 1. The summed E-state index contributed by atoms with van der Waals surface area (Å²) in [6.07, 6.45) is 0. The minimum absolute atomic E-state index is 0.414. The van der Waals surface area contributed by atoms with Crippen LogP contribution in [0.1, 0.15) is 17.2 Å². The Morgan fingerprint density at radius 3 is 2.31 bits per heavy atom. The number of hydrogen-bond donors (Lipinski definition) is 2. The van der Waals surface area contributed by atoms with Gasteiger partial charge in [-0.25, -0.2) is 0 Å². The van der Waals surface area contributed by atoms with E-state index in [2.05, 4.69) is 0 Å². The highest BCUT2D eigenvalue weighted by molar-refractivity contribution is 5.76. The first-order valence-electron chi connectivity index (χ1n) is 4.72. The lowest BCUT2D eigenvalue weighted by Gasteiger charge is -2.15. The van der Waals surface area contributed by atoms with Crippen LogP contribution in [-0.4, -0.2) is 25.3 Å². The summed E-state index contributed by atoms with van der Waals surface area (Å²) < 4.78 is 10.2. The molecule has 0 aliphatic rings. The van der Waals surface area contributed by atoms with Crippen LogP contribution in [0, 0.1) is 6.92 Å². The largest absolute Gasteiger partial charge is 0.496 e. The molecule has 1 aromatic carbocycles. The highest BCUT2D eigenvalue weighted by atomic mass is 16.5. The number of ether oxygens (including phenoxy) is 2. The monoisotopic (exact) mass is 225 g/mol. The number of benzene rings is 1. The van der Waals surface area contributed by atoms with Crippen LogP contribution in [0.4, 0.5) is 0 Å². The maximum Gasteiger partial charge on any atom is 0.325 e. The van der Waals surface area contributed by atoms with Crippen molar-refractivity contribution in [3.8, 4) is 11.5 Å². The molecule has 0 amide bonds. The molecule has 5 heteroatoms. The molecule has 3 N–H and O–H groups in total. The second-order valence-corrected chi connectivity index (χ2v) is 3.38. The zero-order valence-electron chi connectivity index (χ0n) is 9.48. The SMILES string of the molecule is COc1cc(OC)c(C(N)C(=O)O)cc1C. The third-order valence-electron chi connectivity index (χ3n) is 2.35. The van der Waals surface area contributed by atoms with E-state index in [1.165, 1.54) is 7.11 Å². The van der Waals surface area contributed by atoms with Crippen LogP contribution in [0.15, 0.2) is 12.1 Å². The molecule has 1 rings (SSSR count). The Labute approximate surface area is 93.8 Å². The van der Waals surface area contributed by atoms with Crippen LogP contribution in [0.2, 0.25) is 0 Å². The maximum absolute atomic E-state index is 10.8. The van der Waals surface area contributed by atoms with Gasteiger partial charge in [0.15, 0.2) is 0 Å². The first-order chi connectivity index (χ1) is 7.51. The number of nitrogens with two attached hydrogens (primary N) is 1. The Balaban J connectivity index is 3.28. The van der Waals surface area contributed by atoms with Gasteiger partial charge in [-0.3, -0.25) is 4.79 Å². The van der Waals surface area contributed by atoms with Crippen molar-refractivity contribution in [2.45, 2.75) is 13.0 Å². The van der Waals surface area contributed by atoms with E-state index in [0.29, 0.717) is 17.1 Å². The summed E-state index contributed by atoms with van der Waals surface area (Å²) in [5, 5.41) is 8.86. The van der Waals surface area contributed by atoms with Gasteiger partial charge in [-0.15, -0.1) is 0 Å². The van der Waals surface area contributed by atoms with Crippen molar-refractivity contribution in [1.82, 2.24) is 0 Å². The van der Waals surface area contributed by atoms with Crippen molar-refractivity contribution in [2.75, 3.05) is 14.2 Å². The number of hydrogen-bond acceptors (Lipinski definition) is 4. The smallest absolute Gasteiger partial charge is 0.325 e. The van der Waals surface area contributed by atoms with E-state index < -0.39 is 12.0 Å². The summed E-state index contributed by atoms with van der Waals surface area (Å²) in [5.41, 5.74) is 6.81. The van der Waals surface area contributed by atoms with Crippen LogP contribution in [0.3, 0.4) is 0 Å². The van der Waals surface area contributed by atoms with Gasteiger partial charge in [0.05, 0.1) is 14.2 Å². The molecule has 16 heavy (non-hydrogen) atoms. The normalized spacial score (nSPS) is 12.0. The highest BCUT2D eigenvalue weighted by Gasteiger charge is 2.20. The van der Waals surface area contributed by atoms with Crippen LogP contribution < -0.4 is 15.2 Å². The van der Waals surface area contributed by atoms with Gasteiger partial charge in [0.25, 0.3) is 0 Å². The molecule has 1 aromatic rings. The fourth-order valence-electron chi connectivity index (χ4n) is 1.46. The topological polar surface area (TPSA) is 81.8 Å². The van der Waals surface area contributed by atoms with Crippen LogP contribution >= 0.6 is 0 Å². The molecule has 0 aliphatic carbocycles. The first kappa shape index (κ1) is 12.3. The molecule has 0 bridgehead atoms. The van der Waals surface area contributed by atoms with Crippen molar-refractivity contribution in [3.05, 3.63) is 23.3 Å². The summed E-state index contributed by atoms with van der Waals surface area (Å²) in [4.78, 5) is 10.8. The summed E-state index contributed by atoms with van der Waals surface area (Å²) in [7, 11) is 3.00. The quantitative estimate of drug-likeness (QED) is 0.801. The van der Waals surface area contributed by atoms with Gasteiger partial charge in [-0.1, -0.05) is 0 Å². The second kappa shape index (κ2) is 4.85. The van der Waals surface area contributed by atoms with Gasteiger partial charge in [0.1, 0.15) is 17.5 Å². The number of rotatable bonds is 4. The highest BCUT2D eigenvalue weighted by Crippen LogP contribution is 2.31. The van der Waals surface area contributed by atoms with Crippen LogP contribution in [0.5, 0.6) is 11.5 Å². The number of aryl methyl sites for hydroxylation is 1. The van der Waals surface area contributed by atoms with E-state index in [4.69, 9.17) is 20.3 Å². The van der Waals surface area contributed by atoms with E-state index >= 15 is 0 Å². The molecule has 0 aromatic heterocycles. The summed E-state index contributed by atoms with van der Waals surface area (Å²) >= 11 is 0. The maximum atomic E-state index is 10.8. The van der Waals surface area contributed by atoms with Crippen LogP contribution in [0.25, 0.3) is 0 Å². The van der Waals surface area contributed by atoms with Gasteiger partial charge in [0.2, 0.25) is 0 Å². The fraction of sp³-hybridized carbons (Fsp3) is 0.364. The van der Waals surface area contributed by atoms with E-state index in [1.54, 1.807) is 19.2 Å². The molecule has 1 atom stereocenters. The molecule has 0 aliphatic heterocycles. The summed E-state index contributed by atoms with van der Waals surface area (Å²) in [5.74, 6) is -0.0431. The lowest BCUT2D eigenvalue weighted by molar-refractivity contribution is -0.138. The Morgan fingerprint density at radius 1 is 1.31 bits per heavy atom. The Hall–Kier alpha value is -1.75. The van der Waals surface area contributed by atoms with Crippen molar-refractivity contribution >= 4 is 5.97 Å². The molecule has 0 saturated heterocycles. The molecular weight excluding hydrogens is 210 g/mol. The van der Waals surface area contributed by atoms with E-state index in [9.17, 15) is 4.79 Å². The molecule has 5 nitrogen and oxygen atoms in total. The zero-order chi connectivity index (χ0) is 12.3. The molecule has 0 spiro atoms. The predicted molar refractivity (Wildman–Crippen MR) is 58.8 cm³/mol. The lowest BCUT2D eigenvalue weighted by atomic mass is 10.0. The number of aliphatic carboxylic acids is 1. The van der Waals surface area contributed by atoms with E-state index in [0.717, 1.165) is 5.56 Å². The fourth-order valence-corrected chi connectivity index (χ4v) is 1.46. The summed E-state index contributed by atoms with van der Waals surface area (Å²) in [6.45, 7) is 1.82. The number of carbonyl (C=O) groups is 1. The Morgan fingerprint density at radius 2 is 1.88 bits per heavy atom. The van der Waals surface area contributed by atoms with Crippen LogP contribution in [-0.2, 0) is 4.79 Å². The minimum Gasteiger partial charge on any atom is -0.496 e. The summed E-state index contributed by atoms with van der Waals surface area (Å²) in [6, 6.07) is 2.20. The molecule has 0 fully saturated rings. The lowest BCUT2D eigenvalue weighted by Crippen LogP contribution is -2.21. The third-order valence-corrected chi connectivity index (χ3v) is 2.35. The molecule has 0 heterocycles. The molecule has 0 radical (unpaired) electrons. The first-order valence-corrected chi connectivity index (χ1v) is 4.72. The zero-order valence-corrected chi connectivity index (χ0v) is 9.48. The van der Waals surface area contributed by atoms with Gasteiger partial charge in [-0.2, -0.15) is 0 Å². The van der Waals surface area contributed by atoms with Crippen molar-refractivity contribution in [1.29, 1.82) is 0 Å². The van der Waals surface area contributed by atoms with E-state index in [-0.39, 0.29) is 0 Å². The van der Waals surface area contributed by atoms with Gasteiger partial charge >= 0.3 is 5.97 Å². The second-order valence-electron chi connectivity index (χ2n) is 3.38. The molecule has 0 saturated carbocycles. The van der Waals surface area contributed by atoms with E-state index in [1.807, 2.05) is 6.92 Å². The Kier molecular flexibility index (Phi) is 3.73.